The predicted molar refractivity (Wildman–Crippen MR) is 166 cm³/mol. The lowest BCUT2D eigenvalue weighted by atomic mass is 9.95. The summed E-state index contributed by atoms with van der Waals surface area (Å²) in [5.41, 5.74) is 7.00. The number of amides is 5. The van der Waals surface area contributed by atoms with E-state index in [9.17, 15) is 19.2 Å². The van der Waals surface area contributed by atoms with Crippen molar-refractivity contribution in [1.82, 2.24) is 9.80 Å². The number of hydrogen-bond donors (Lipinski definition) is 1. The van der Waals surface area contributed by atoms with Crippen molar-refractivity contribution in [2.45, 2.75) is 84.1 Å². The second-order valence-corrected chi connectivity index (χ2v) is 13.1. The lowest BCUT2D eigenvalue weighted by Crippen LogP contribution is -2.67. The van der Waals surface area contributed by atoms with Gasteiger partial charge in [0.25, 0.3) is 0 Å². The van der Waals surface area contributed by atoms with E-state index in [2.05, 4.69) is 0 Å². The quantitative estimate of drug-likeness (QED) is 0.397. The van der Waals surface area contributed by atoms with Gasteiger partial charge in [0.1, 0.15) is 18.2 Å². The number of piperidine rings is 1. The molecule has 2 saturated heterocycles. The van der Waals surface area contributed by atoms with E-state index in [4.69, 9.17) is 15.2 Å². The molecule has 2 heterocycles. The molecule has 0 radical (unpaired) electrons. The summed E-state index contributed by atoms with van der Waals surface area (Å²) in [4.78, 5) is 57.8. The van der Waals surface area contributed by atoms with Crippen molar-refractivity contribution < 1.29 is 33.1 Å². The first kappa shape index (κ1) is 33.0. The molecule has 2 aliphatic heterocycles. The third-order valence-corrected chi connectivity index (χ3v) is 8.67. The first-order valence-electron chi connectivity index (χ1n) is 15.6. The maximum atomic E-state index is 14.7. The molecule has 238 valence electrons. The second-order valence-electron chi connectivity index (χ2n) is 13.1. The number of nitrogens with two attached hydrogens (primary N) is 1. The molecule has 2 aromatic rings. The number of rotatable bonds is 8. The van der Waals surface area contributed by atoms with Crippen LogP contribution in [0.25, 0.3) is 0 Å². The maximum Gasteiger partial charge on any atom is 0.421 e. The number of nitrogens with zero attached hydrogens (tertiary/aromatic N) is 3. The highest BCUT2D eigenvalue weighted by Gasteiger charge is 2.55. The molecular formula is C34H47N4O6+. The van der Waals surface area contributed by atoms with Gasteiger partial charge in [0.15, 0.2) is 6.04 Å². The van der Waals surface area contributed by atoms with Crippen LogP contribution in [-0.4, -0.2) is 82.3 Å². The van der Waals surface area contributed by atoms with Crippen molar-refractivity contribution >= 4 is 24.1 Å². The van der Waals surface area contributed by atoms with Gasteiger partial charge in [-0.2, -0.15) is 4.48 Å². The number of carbonyl (C=O) groups is 4. The van der Waals surface area contributed by atoms with Gasteiger partial charge in [-0.1, -0.05) is 60.7 Å². The van der Waals surface area contributed by atoms with Gasteiger partial charge in [-0.25, -0.2) is 19.2 Å². The normalized spacial score (nSPS) is 22.6. The summed E-state index contributed by atoms with van der Waals surface area (Å²) in [6.07, 6.45) is 1.99. The largest absolute Gasteiger partial charge is 0.445 e. The zero-order valence-electron chi connectivity index (χ0n) is 26.4. The monoisotopic (exact) mass is 607 g/mol. The number of hydrogen-bond acceptors (Lipinski definition) is 6. The summed E-state index contributed by atoms with van der Waals surface area (Å²) in [5, 5.41) is 0. The predicted octanol–water partition coefficient (Wildman–Crippen LogP) is 5.49. The van der Waals surface area contributed by atoms with E-state index in [0.29, 0.717) is 32.5 Å². The molecule has 2 unspecified atom stereocenters. The second kappa shape index (κ2) is 14.2. The molecule has 2 fully saturated rings. The maximum absolute atomic E-state index is 14.7. The Morgan fingerprint density at radius 3 is 2.18 bits per heavy atom. The Morgan fingerprint density at radius 2 is 1.61 bits per heavy atom. The Hall–Kier alpha value is -3.92. The molecular weight excluding hydrogens is 560 g/mol. The first-order chi connectivity index (χ1) is 20.9. The zero-order valence-corrected chi connectivity index (χ0v) is 26.4. The fourth-order valence-corrected chi connectivity index (χ4v) is 6.39. The Bertz CT molecular complexity index is 1300. The van der Waals surface area contributed by atoms with Crippen LogP contribution in [0.15, 0.2) is 60.7 Å². The van der Waals surface area contributed by atoms with E-state index in [0.717, 1.165) is 24.0 Å². The summed E-state index contributed by atoms with van der Waals surface area (Å²) in [5.74, 6) is -0.535. The Balaban J connectivity index is 1.68. The minimum Gasteiger partial charge on any atom is -0.445 e. The average molecular weight is 608 g/mol. The summed E-state index contributed by atoms with van der Waals surface area (Å²) in [6.45, 7) is 8.77. The van der Waals surface area contributed by atoms with Crippen LogP contribution >= 0.6 is 0 Å². The van der Waals surface area contributed by atoms with Gasteiger partial charge >= 0.3 is 24.1 Å². The summed E-state index contributed by atoms with van der Waals surface area (Å²) < 4.78 is 10.9. The van der Waals surface area contributed by atoms with Crippen molar-refractivity contribution in [3.8, 4) is 0 Å². The average Bonchev–Trinajstić information content (AvgIpc) is 3.40. The van der Waals surface area contributed by atoms with E-state index < -0.39 is 40.3 Å². The lowest BCUT2D eigenvalue weighted by molar-refractivity contribution is -0.784. The van der Waals surface area contributed by atoms with Gasteiger partial charge in [0.05, 0.1) is 6.54 Å². The molecule has 2 aliphatic rings. The van der Waals surface area contributed by atoms with Gasteiger partial charge in [-0.05, 0) is 57.6 Å². The highest BCUT2D eigenvalue weighted by molar-refractivity contribution is 5.89. The van der Waals surface area contributed by atoms with E-state index in [1.54, 1.807) is 4.90 Å². The molecule has 0 aliphatic carbocycles. The van der Waals surface area contributed by atoms with Crippen LogP contribution in [0.3, 0.4) is 0 Å². The van der Waals surface area contributed by atoms with Crippen LogP contribution < -0.4 is 5.73 Å². The van der Waals surface area contributed by atoms with Crippen LogP contribution in [0, 0.1) is 5.92 Å². The van der Waals surface area contributed by atoms with Crippen LogP contribution in [0.4, 0.5) is 14.4 Å². The highest BCUT2D eigenvalue weighted by Crippen LogP contribution is 2.31. The number of quaternary nitrogens is 1. The lowest BCUT2D eigenvalue weighted by Gasteiger charge is -2.40. The highest BCUT2D eigenvalue weighted by atomic mass is 16.6. The van der Waals surface area contributed by atoms with Crippen LogP contribution in [0.5, 0.6) is 0 Å². The molecule has 10 heteroatoms. The molecule has 0 bridgehead atoms. The van der Waals surface area contributed by atoms with Crippen molar-refractivity contribution in [2.75, 3.05) is 26.2 Å². The summed E-state index contributed by atoms with van der Waals surface area (Å²) in [7, 11) is 0. The fourth-order valence-electron chi connectivity index (χ4n) is 6.39. The van der Waals surface area contributed by atoms with E-state index in [-0.39, 0.29) is 31.5 Å². The minimum atomic E-state index is -1.01. The molecule has 0 spiro atoms. The number of carbonyl (C=O) groups excluding carboxylic acids is 4. The molecule has 2 aromatic carbocycles. The molecule has 0 aromatic heterocycles. The van der Waals surface area contributed by atoms with Crippen LogP contribution in [-0.2, 0) is 27.3 Å². The van der Waals surface area contributed by atoms with Crippen molar-refractivity contribution in [3.05, 3.63) is 71.8 Å². The van der Waals surface area contributed by atoms with Gasteiger partial charge in [0.2, 0.25) is 0 Å². The number of benzene rings is 2. The topological polar surface area (TPSA) is 119 Å². The SMILES string of the molecule is C[C@@H]1CCC[N+]1(C(N)=O)C(=O)[C@@H](Cc1ccccc1)N(CC1CCCN(C(=O)OC(C)(C)C)C1)C(=O)OCc1ccccc1. The van der Waals surface area contributed by atoms with Gasteiger partial charge in [-0.15, -0.1) is 0 Å². The number of imide groups is 1. The van der Waals surface area contributed by atoms with Gasteiger partial charge in [-0.3, -0.25) is 4.90 Å². The van der Waals surface area contributed by atoms with Crippen molar-refractivity contribution in [2.24, 2.45) is 11.7 Å². The van der Waals surface area contributed by atoms with E-state index in [1.807, 2.05) is 88.4 Å². The van der Waals surface area contributed by atoms with Crippen LogP contribution in [0.2, 0.25) is 0 Å². The Morgan fingerprint density at radius 1 is 0.977 bits per heavy atom. The van der Waals surface area contributed by atoms with E-state index in [1.165, 1.54) is 4.90 Å². The molecule has 5 amide bonds. The molecule has 44 heavy (non-hydrogen) atoms. The molecule has 0 saturated carbocycles. The van der Waals surface area contributed by atoms with Gasteiger partial charge in [0, 0.05) is 38.9 Å². The third-order valence-electron chi connectivity index (χ3n) is 8.67. The fraction of sp³-hybridized carbons (Fsp3) is 0.529. The summed E-state index contributed by atoms with van der Waals surface area (Å²) in [6, 6.07) is 16.8. The molecule has 4 rings (SSSR count). The van der Waals surface area contributed by atoms with Crippen molar-refractivity contribution in [3.63, 3.8) is 0 Å². The number of urea groups is 1. The zero-order chi connectivity index (χ0) is 31.9. The minimum absolute atomic E-state index is 0.0311. The number of primary amides is 1. The molecule has 4 atom stereocenters. The Labute approximate surface area is 260 Å². The third kappa shape index (κ3) is 7.96. The van der Waals surface area contributed by atoms with Crippen molar-refractivity contribution in [1.29, 1.82) is 0 Å². The Kier molecular flexibility index (Phi) is 10.7. The number of likely N-dealkylation sites (tertiary alicyclic amines) is 2. The standard InChI is InChI=1S/C34H46N4O6/c1-25-13-12-20-38(25,31(35)40)30(39)29(21-26-14-7-5-8-15-26)37(33(42)43-24-27-16-9-6-10-17-27)23-28-18-11-19-36(22-28)32(41)44-34(2,3)4/h5-10,14-17,25,28-29H,11-13,18-24H2,1-4H3,(H-,35,40)/p+1/t25-,28?,29-,38?/m1/s1. The van der Waals surface area contributed by atoms with Crippen LogP contribution in [0.1, 0.15) is 64.5 Å². The molecule has 2 N–H and O–H groups in total. The van der Waals surface area contributed by atoms with Gasteiger partial charge < -0.3 is 20.1 Å². The molecule has 10 nitrogen and oxygen atoms in total. The van der Waals surface area contributed by atoms with E-state index >= 15 is 0 Å². The first-order valence-corrected chi connectivity index (χ1v) is 15.6. The number of ether oxygens (including phenoxy) is 2. The summed E-state index contributed by atoms with van der Waals surface area (Å²) >= 11 is 0. The smallest absolute Gasteiger partial charge is 0.421 e.